The lowest BCUT2D eigenvalue weighted by atomic mass is 10.2. The molecular formula is C21H25N5O3. The molecule has 8 nitrogen and oxygen atoms in total. The number of hydrogen-bond acceptors (Lipinski definition) is 6. The van der Waals surface area contributed by atoms with E-state index in [2.05, 4.69) is 15.3 Å². The molecule has 29 heavy (non-hydrogen) atoms. The number of oxazole rings is 1. The summed E-state index contributed by atoms with van der Waals surface area (Å²) in [5, 5.41) is 2.92. The molecule has 1 aliphatic carbocycles. The van der Waals surface area contributed by atoms with Gasteiger partial charge in [-0.05, 0) is 54.9 Å². The first-order valence-corrected chi connectivity index (χ1v) is 9.83. The molecule has 152 valence electrons. The predicted molar refractivity (Wildman–Crippen MR) is 108 cm³/mol. The van der Waals surface area contributed by atoms with Gasteiger partial charge in [0.15, 0.2) is 5.89 Å². The number of nitrogens with one attached hydrogen (secondary N) is 1. The van der Waals surface area contributed by atoms with Crippen LogP contribution in [0.1, 0.15) is 34.1 Å². The second-order valence-corrected chi connectivity index (χ2v) is 7.78. The van der Waals surface area contributed by atoms with Crippen molar-refractivity contribution in [3.63, 3.8) is 0 Å². The van der Waals surface area contributed by atoms with Crippen LogP contribution in [0, 0.1) is 31.6 Å². The lowest BCUT2D eigenvalue weighted by molar-refractivity contribution is -0.116. The third-order valence-corrected chi connectivity index (χ3v) is 5.77. The van der Waals surface area contributed by atoms with Crippen LogP contribution in [0.15, 0.2) is 28.8 Å². The van der Waals surface area contributed by atoms with Gasteiger partial charge in [0.1, 0.15) is 5.82 Å². The van der Waals surface area contributed by atoms with Crippen molar-refractivity contribution in [3.05, 3.63) is 47.3 Å². The van der Waals surface area contributed by atoms with Crippen molar-refractivity contribution in [2.75, 3.05) is 25.4 Å². The number of fused-ring (bicyclic) bond motifs is 1. The van der Waals surface area contributed by atoms with Crippen molar-refractivity contribution >= 4 is 23.7 Å². The summed E-state index contributed by atoms with van der Waals surface area (Å²) in [6, 6.07) is 3.51. The first kappa shape index (κ1) is 19.2. The number of pyridine rings is 1. The van der Waals surface area contributed by atoms with Crippen LogP contribution >= 0.6 is 0 Å². The zero-order valence-electron chi connectivity index (χ0n) is 16.6. The van der Waals surface area contributed by atoms with Crippen LogP contribution < -0.4 is 11.1 Å². The number of anilines is 1. The van der Waals surface area contributed by atoms with Gasteiger partial charge in [0.2, 0.25) is 11.7 Å². The summed E-state index contributed by atoms with van der Waals surface area (Å²) in [7, 11) is 0. The number of aromatic nitrogens is 2. The van der Waals surface area contributed by atoms with Gasteiger partial charge in [0.25, 0.3) is 5.91 Å². The summed E-state index contributed by atoms with van der Waals surface area (Å²) in [5.41, 5.74) is 7.01. The number of aryl methyl sites for hydroxylation is 2. The van der Waals surface area contributed by atoms with E-state index in [0.29, 0.717) is 47.5 Å². The number of amides is 2. The third kappa shape index (κ3) is 4.16. The van der Waals surface area contributed by atoms with Gasteiger partial charge in [-0.15, -0.1) is 0 Å². The number of nitrogens with two attached hydrogens (primary N) is 1. The molecule has 0 spiro atoms. The van der Waals surface area contributed by atoms with Crippen molar-refractivity contribution in [1.29, 1.82) is 0 Å². The Bertz CT molecular complexity index is 938. The summed E-state index contributed by atoms with van der Waals surface area (Å²) in [4.78, 5) is 34.6. The summed E-state index contributed by atoms with van der Waals surface area (Å²) >= 11 is 0. The van der Waals surface area contributed by atoms with Crippen molar-refractivity contribution in [3.8, 4) is 0 Å². The van der Waals surface area contributed by atoms with Crippen LogP contribution in [-0.2, 0) is 4.79 Å². The van der Waals surface area contributed by atoms with Gasteiger partial charge in [-0.3, -0.25) is 9.59 Å². The van der Waals surface area contributed by atoms with Crippen molar-refractivity contribution in [2.24, 2.45) is 17.8 Å². The zero-order valence-corrected chi connectivity index (χ0v) is 16.6. The Kier molecular flexibility index (Phi) is 5.08. The molecular weight excluding hydrogens is 370 g/mol. The van der Waals surface area contributed by atoms with E-state index in [9.17, 15) is 9.59 Å². The largest absolute Gasteiger partial charge is 0.436 e. The molecule has 8 heteroatoms. The van der Waals surface area contributed by atoms with Crippen molar-refractivity contribution in [1.82, 2.24) is 20.2 Å². The number of carbonyl (C=O) groups is 2. The van der Waals surface area contributed by atoms with Gasteiger partial charge in [-0.2, -0.15) is 0 Å². The highest BCUT2D eigenvalue weighted by Gasteiger charge is 2.56. The number of nitrogen functional groups attached to an aromatic ring is 1. The van der Waals surface area contributed by atoms with E-state index in [4.69, 9.17) is 10.2 Å². The molecule has 3 atom stereocenters. The topological polar surface area (TPSA) is 114 Å². The fourth-order valence-electron chi connectivity index (χ4n) is 4.22. The van der Waals surface area contributed by atoms with Gasteiger partial charge in [0.05, 0.1) is 5.69 Å². The Labute approximate surface area is 169 Å². The number of carbonyl (C=O) groups excluding carboxylic acids is 2. The maximum Gasteiger partial charge on any atom is 0.291 e. The second kappa shape index (κ2) is 7.69. The summed E-state index contributed by atoms with van der Waals surface area (Å²) in [6.07, 6.45) is 5.77. The molecule has 1 aliphatic heterocycles. The maximum absolute atomic E-state index is 12.6. The third-order valence-electron chi connectivity index (χ3n) is 5.77. The van der Waals surface area contributed by atoms with Crippen LogP contribution in [0.5, 0.6) is 0 Å². The Morgan fingerprint density at radius 2 is 2.07 bits per heavy atom. The highest BCUT2D eigenvalue weighted by atomic mass is 16.4. The first-order chi connectivity index (χ1) is 13.9. The Morgan fingerprint density at radius 3 is 2.69 bits per heavy atom. The van der Waals surface area contributed by atoms with E-state index in [0.717, 1.165) is 25.1 Å². The number of hydrogen-bond donors (Lipinski definition) is 2. The van der Waals surface area contributed by atoms with Gasteiger partial charge in [0, 0.05) is 38.8 Å². The average Bonchev–Trinajstić information content (AvgIpc) is 3.02. The first-order valence-electron chi connectivity index (χ1n) is 9.83. The van der Waals surface area contributed by atoms with Crippen molar-refractivity contribution < 1.29 is 14.0 Å². The smallest absolute Gasteiger partial charge is 0.291 e. The molecule has 1 saturated heterocycles. The van der Waals surface area contributed by atoms with Crippen LogP contribution in [-0.4, -0.2) is 46.3 Å². The number of nitrogens with zero attached hydrogens (tertiary/aromatic N) is 3. The predicted octanol–water partition coefficient (Wildman–Crippen LogP) is 1.81. The maximum atomic E-state index is 12.6. The quantitative estimate of drug-likeness (QED) is 0.721. The van der Waals surface area contributed by atoms with E-state index >= 15 is 0 Å². The van der Waals surface area contributed by atoms with Gasteiger partial charge < -0.3 is 20.4 Å². The standard InChI is InChI=1S/C21H25N5O3/c1-12-20(29-13(2)25-12)21(28)26-10-16-15(17(16)11-26)7-8-23-19(27)6-4-14-3-5-18(22)24-9-14/h3-6,9,15-17H,7-8,10-11H2,1-2H3,(H2,22,24)(H,23,27)/b6-4+/t15?,16-,17+. The van der Waals surface area contributed by atoms with E-state index in [-0.39, 0.29) is 11.8 Å². The molecule has 0 radical (unpaired) electrons. The monoisotopic (exact) mass is 395 g/mol. The summed E-state index contributed by atoms with van der Waals surface area (Å²) in [5.74, 6) is 2.76. The molecule has 2 aromatic rings. The van der Waals surface area contributed by atoms with E-state index in [1.807, 2.05) is 11.0 Å². The van der Waals surface area contributed by atoms with Gasteiger partial charge in [-0.25, -0.2) is 9.97 Å². The van der Waals surface area contributed by atoms with Crippen LogP contribution in [0.25, 0.3) is 6.08 Å². The molecule has 2 aromatic heterocycles. The molecule has 2 amide bonds. The molecule has 3 N–H and O–H groups in total. The molecule has 1 saturated carbocycles. The van der Waals surface area contributed by atoms with E-state index in [1.54, 1.807) is 32.2 Å². The molecule has 3 heterocycles. The molecule has 0 aromatic carbocycles. The number of likely N-dealkylation sites (tertiary alicyclic amines) is 1. The molecule has 0 bridgehead atoms. The lowest BCUT2D eigenvalue weighted by Crippen LogP contribution is -2.32. The molecule has 2 aliphatic rings. The Hall–Kier alpha value is -3.16. The fourth-order valence-corrected chi connectivity index (χ4v) is 4.22. The Morgan fingerprint density at radius 1 is 1.31 bits per heavy atom. The zero-order chi connectivity index (χ0) is 20.5. The van der Waals surface area contributed by atoms with Crippen LogP contribution in [0.2, 0.25) is 0 Å². The fraction of sp³-hybridized carbons (Fsp3) is 0.429. The van der Waals surface area contributed by atoms with Crippen LogP contribution in [0.4, 0.5) is 5.82 Å². The summed E-state index contributed by atoms with van der Waals surface area (Å²) in [6.45, 7) is 5.69. The molecule has 2 fully saturated rings. The minimum absolute atomic E-state index is 0.0651. The van der Waals surface area contributed by atoms with Gasteiger partial charge in [-0.1, -0.05) is 0 Å². The van der Waals surface area contributed by atoms with Crippen LogP contribution in [0.3, 0.4) is 0 Å². The normalized spacial score (nSPS) is 22.7. The number of piperidine rings is 1. The van der Waals surface area contributed by atoms with Crippen molar-refractivity contribution in [2.45, 2.75) is 20.3 Å². The Balaban J connectivity index is 1.18. The van der Waals surface area contributed by atoms with E-state index < -0.39 is 0 Å². The number of rotatable bonds is 6. The van der Waals surface area contributed by atoms with E-state index in [1.165, 1.54) is 6.08 Å². The average molecular weight is 395 g/mol. The molecule has 4 rings (SSSR count). The van der Waals surface area contributed by atoms with Gasteiger partial charge >= 0.3 is 0 Å². The minimum Gasteiger partial charge on any atom is -0.436 e. The molecule has 1 unspecified atom stereocenters. The lowest BCUT2D eigenvalue weighted by Gasteiger charge is -2.18. The second-order valence-electron chi connectivity index (χ2n) is 7.78. The SMILES string of the molecule is Cc1nc(C)c(C(=O)N2C[C@@H]3C(CCNC(=O)/C=C/c4ccc(N)nc4)[C@@H]3C2)o1. The minimum atomic E-state index is -0.124. The summed E-state index contributed by atoms with van der Waals surface area (Å²) < 4.78 is 5.45. The highest BCUT2D eigenvalue weighted by Crippen LogP contribution is 2.53. The highest BCUT2D eigenvalue weighted by molar-refractivity contribution is 5.93.